The number of aromatic amines is 1. The Kier molecular flexibility index (Phi) is 7.05. The van der Waals surface area contributed by atoms with Crippen LogP contribution in [0.15, 0.2) is 36.5 Å². The first-order valence-corrected chi connectivity index (χ1v) is 14.9. The number of anilines is 2. The molecule has 2 aromatic carbocycles. The number of hydrogen-bond acceptors (Lipinski definition) is 5. The lowest BCUT2D eigenvalue weighted by molar-refractivity contribution is -0.00647. The maximum absolute atomic E-state index is 14.7. The summed E-state index contributed by atoms with van der Waals surface area (Å²) in [7, 11) is 1.82. The minimum atomic E-state index is -0.256. The van der Waals surface area contributed by atoms with Gasteiger partial charge in [-0.05, 0) is 61.1 Å². The first kappa shape index (κ1) is 27.7. The van der Waals surface area contributed by atoms with E-state index < -0.39 is 0 Å². The van der Waals surface area contributed by atoms with Crippen molar-refractivity contribution in [2.45, 2.75) is 73.0 Å². The van der Waals surface area contributed by atoms with Crippen LogP contribution in [0, 0.1) is 25.1 Å². The van der Waals surface area contributed by atoms with Crippen molar-refractivity contribution in [1.29, 1.82) is 0 Å². The second-order valence-corrected chi connectivity index (χ2v) is 12.9. The highest BCUT2D eigenvalue weighted by Gasteiger charge is 2.38. The summed E-state index contributed by atoms with van der Waals surface area (Å²) in [6.07, 6.45) is 3.83. The smallest absolute Gasteiger partial charge is 0.162 e. The molecule has 41 heavy (non-hydrogen) atoms. The minimum Gasteiger partial charge on any atom is -0.381 e. The van der Waals surface area contributed by atoms with E-state index in [1.54, 1.807) is 0 Å². The van der Waals surface area contributed by atoms with Gasteiger partial charge < -0.3 is 19.5 Å². The molecule has 1 atom stereocenters. The monoisotopic (exact) mass is 555 g/mol. The van der Waals surface area contributed by atoms with E-state index in [9.17, 15) is 4.39 Å². The van der Waals surface area contributed by atoms with Crippen LogP contribution in [0.3, 0.4) is 0 Å². The molecule has 0 spiro atoms. The van der Waals surface area contributed by atoms with Crippen LogP contribution in [-0.4, -0.2) is 47.8 Å². The number of nitrogens with zero attached hydrogens (tertiary/aromatic N) is 4. The van der Waals surface area contributed by atoms with E-state index in [1.165, 1.54) is 28.4 Å². The van der Waals surface area contributed by atoms with Gasteiger partial charge in [-0.3, -0.25) is 0 Å². The second-order valence-electron chi connectivity index (χ2n) is 12.9. The summed E-state index contributed by atoms with van der Waals surface area (Å²) in [4.78, 5) is 18.5. The van der Waals surface area contributed by atoms with E-state index in [1.807, 2.05) is 26.3 Å². The predicted octanol–water partition coefficient (Wildman–Crippen LogP) is 7.32. The van der Waals surface area contributed by atoms with Crippen LogP contribution >= 0.6 is 0 Å². The van der Waals surface area contributed by atoms with Crippen LogP contribution in [0.25, 0.3) is 22.3 Å². The van der Waals surface area contributed by atoms with Gasteiger partial charge in [0.2, 0.25) is 0 Å². The third kappa shape index (κ3) is 4.88. The van der Waals surface area contributed by atoms with E-state index in [-0.39, 0.29) is 17.3 Å². The second kappa shape index (κ2) is 10.4. The van der Waals surface area contributed by atoms with E-state index in [0.717, 1.165) is 67.0 Å². The molecule has 216 valence electrons. The van der Waals surface area contributed by atoms with Gasteiger partial charge >= 0.3 is 0 Å². The van der Waals surface area contributed by atoms with E-state index in [2.05, 4.69) is 67.6 Å². The Bertz CT molecular complexity index is 1610. The molecule has 0 saturated carbocycles. The van der Waals surface area contributed by atoms with Gasteiger partial charge in [-0.2, -0.15) is 0 Å². The van der Waals surface area contributed by atoms with E-state index in [4.69, 9.17) is 14.7 Å². The Hall–Kier alpha value is -3.45. The fourth-order valence-corrected chi connectivity index (χ4v) is 6.83. The van der Waals surface area contributed by atoms with Crippen molar-refractivity contribution >= 4 is 22.4 Å². The minimum absolute atomic E-state index is 0.0259. The number of aromatic nitrogens is 3. The molecule has 0 radical (unpaired) electrons. The molecule has 0 aliphatic carbocycles. The van der Waals surface area contributed by atoms with Gasteiger partial charge in [-0.1, -0.05) is 39.8 Å². The van der Waals surface area contributed by atoms with Crippen molar-refractivity contribution in [3.05, 3.63) is 70.3 Å². The molecule has 1 fully saturated rings. The van der Waals surface area contributed by atoms with Crippen molar-refractivity contribution in [1.82, 2.24) is 15.0 Å². The van der Waals surface area contributed by atoms with E-state index in [0.29, 0.717) is 17.3 Å². The van der Waals surface area contributed by atoms with Crippen LogP contribution in [0.4, 0.5) is 15.9 Å². The first-order chi connectivity index (χ1) is 19.6. The number of benzene rings is 2. The molecule has 2 aliphatic heterocycles. The molecule has 0 bridgehead atoms. The van der Waals surface area contributed by atoms with Gasteiger partial charge in [0.1, 0.15) is 11.6 Å². The molecule has 4 heterocycles. The largest absolute Gasteiger partial charge is 0.381 e. The Morgan fingerprint density at radius 3 is 2.59 bits per heavy atom. The van der Waals surface area contributed by atoms with Crippen LogP contribution in [0.5, 0.6) is 0 Å². The summed E-state index contributed by atoms with van der Waals surface area (Å²) in [5, 5.41) is 0.855. The third-order valence-electron chi connectivity index (χ3n) is 9.22. The number of halogens is 1. The third-order valence-corrected chi connectivity index (χ3v) is 9.22. The Morgan fingerprint density at radius 1 is 1.05 bits per heavy atom. The zero-order valence-electron chi connectivity index (χ0n) is 25.4. The van der Waals surface area contributed by atoms with Gasteiger partial charge in [0, 0.05) is 73.5 Å². The number of aryl methyl sites for hydroxylation is 2. The molecule has 1 N–H and O–H groups in total. The SMILES string of the molecule is CO[C@H]1CCN(c2nc(-c3ccc(F)c4[nH]cc(C)c34)nc3c2CN(c2cc(C(C)C)ccc2C)CC3)CC1(C)C. The molecule has 1 saturated heterocycles. The van der Waals surface area contributed by atoms with Crippen LogP contribution in [0.1, 0.15) is 68.0 Å². The average Bonchev–Trinajstić information content (AvgIpc) is 3.34. The van der Waals surface area contributed by atoms with Crippen molar-refractivity contribution in [2.75, 3.05) is 36.5 Å². The van der Waals surface area contributed by atoms with Crippen LogP contribution < -0.4 is 9.80 Å². The normalized spacial score (nSPS) is 18.8. The van der Waals surface area contributed by atoms with Gasteiger partial charge in [0.15, 0.2) is 5.82 Å². The van der Waals surface area contributed by atoms with Crippen LogP contribution in [0.2, 0.25) is 0 Å². The highest BCUT2D eigenvalue weighted by atomic mass is 19.1. The van der Waals surface area contributed by atoms with Crippen molar-refractivity contribution in [3.63, 3.8) is 0 Å². The fourth-order valence-electron chi connectivity index (χ4n) is 6.83. The van der Waals surface area contributed by atoms with Gasteiger partial charge in [-0.15, -0.1) is 0 Å². The number of piperidine rings is 1. The lowest BCUT2D eigenvalue weighted by atomic mass is 9.81. The number of ether oxygens (including phenoxy) is 1. The molecule has 2 aromatic heterocycles. The number of hydrogen-bond donors (Lipinski definition) is 1. The lowest BCUT2D eigenvalue weighted by Crippen LogP contribution is -2.50. The zero-order chi connectivity index (χ0) is 29.1. The van der Waals surface area contributed by atoms with Crippen molar-refractivity contribution < 1.29 is 9.13 Å². The Labute approximate surface area is 243 Å². The Balaban J connectivity index is 1.48. The quantitative estimate of drug-likeness (QED) is 0.280. The molecule has 7 heteroatoms. The number of fused-ring (bicyclic) bond motifs is 2. The van der Waals surface area contributed by atoms with Crippen molar-refractivity contribution in [3.8, 4) is 11.4 Å². The molecule has 6 rings (SSSR count). The maximum atomic E-state index is 14.7. The maximum Gasteiger partial charge on any atom is 0.162 e. The topological polar surface area (TPSA) is 57.3 Å². The molecular weight excluding hydrogens is 513 g/mol. The summed E-state index contributed by atoms with van der Waals surface area (Å²) in [5.41, 5.74) is 8.58. The molecule has 2 aliphatic rings. The zero-order valence-corrected chi connectivity index (χ0v) is 25.4. The standard InChI is InChI=1S/C34H42FN5O/c1-20(2)23-9-8-21(3)28(16-23)39-14-12-27-25(18-39)33(40-15-13-29(41-7)34(5,6)19-40)38-32(37-27)24-10-11-26(35)31-30(24)22(4)17-36-31/h8-11,16-17,20,29,36H,12-15,18-19H2,1-7H3/t29-/m0/s1. The summed E-state index contributed by atoms with van der Waals surface area (Å²) in [6, 6.07) is 10.2. The number of nitrogens with one attached hydrogen (secondary N) is 1. The lowest BCUT2D eigenvalue weighted by Gasteiger charge is -2.45. The predicted molar refractivity (Wildman–Crippen MR) is 165 cm³/mol. The Morgan fingerprint density at radius 2 is 1.85 bits per heavy atom. The number of H-pyrrole nitrogens is 1. The highest BCUT2D eigenvalue weighted by Crippen LogP contribution is 2.39. The molecular formula is C34H42FN5O. The van der Waals surface area contributed by atoms with Gasteiger partial charge in [0.25, 0.3) is 0 Å². The van der Waals surface area contributed by atoms with Gasteiger partial charge in [-0.25, -0.2) is 14.4 Å². The summed E-state index contributed by atoms with van der Waals surface area (Å²) in [5.74, 6) is 1.89. The molecule has 4 aromatic rings. The molecule has 6 nitrogen and oxygen atoms in total. The number of rotatable bonds is 5. The summed E-state index contributed by atoms with van der Waals surface area (Å²) < 4.78 is 20.6. The average molecular weight is 556 g/mol. The van der Waals surface area contributed by atoms with Gasteiger partial charge in [0.05, 0.1) is 17.3 Å². The number of methoxy groups -OCH3 is 1. The first-order valence-electron chi connectivity index (χ1n) is 14.9. The van der Waals surface area contributed by atoms with Crippen molar-refractivity contribution in [2.24, 2.45) is 5.41 Å². The molecule has 0 unspecified atom stereocenters. The molecule has 0 amide bonds. The summed E-state index contributed by atoms with van der Waals surface area (Å²) >= 11 is 0. The van der Waals surface area contributed by atoms with Crippen LogP contribution in [-0.2, 0) is 17.7 Å². The fraction of sp³-hybridized carbons (Fsp3) is 0.471. The van der Waals surface area contributed by atoms with E-state index >= 15 is 0 Å². The summed E-state index contributed by atoms with van der Waals surface area (Å²) in [6.45, 7) is 16.6. The highest BCUT2D eigenvalue weighted by molar-refractivity contribution is 5.96.